The molecule has 0 aliphatic heterocycles. The van der Waals surface area contributed by atoms with Crippen LogP contribution >= 0.6 is 11.8 Å². The fourth-order valence-corrected chi connectivity index (χ4v) is 2.08. The van der Waals surface area contributed by atoms with E-state index in [9.17, 15) is 8.78 Å². The molecule has 102 valence electrons. The molecule has 0 saturated carbocycles. The Hall–Kier alpha value is -0.610. The third kappa shape index (κ3) is 4.25. The molecule has 4 heteroatoms. The lowest BCUT2D eigenvalue weighted by atomic mass is 10.0. The van der Waals surface area contributed by atoms with Gasteiger partial charge in [0.05, 0.1) is 0 Å². The van der Waals surface area contributed by atoms with Crippen LogP contribution in [-0.2, 0) is 0 Å². The number of rotatable bonds is 6. The van der Waals surface area contributed by atoms with Crippen molar-refractivity contribution in [3.05, 3.63) is 34.9 Å². The van der Waals surface area contributed by atoms with Gasteiger partial charge in [0.2, 0.25) is 0 Å². The van der Waals surface area contributed by atoms with Crippen molar-refractivity contribution in [1.29, 1.82) is 0 Å². The zero-order valence-electron chi connectivity index (χ0n) is 11.4. The number of nitrogens with one attached hydrogen (secondary N) is 1. The lowest BCUT2D eigenvalue weighted by Gasteiger charge is -2.17. The maximum Gasteiger partial charge on any atom is 0.128 e. The highest BCUT2D eigenvalue weighted by Gasteiger charge is 2.13. The lowest BCUT2D eigenvalue weighted by molar-refractivity contribution is 0.511. The van der Waals surface area contributed by atoms with E-state index in [2.05, 4.69) is 18.5 Å². The normalized spacial score (nSPS) is 14.6. The molecule has 1 aromatic carbocycles. The first-order valence-corrected chi connectivity index (χ1v) is 7.46. The second-order valence-electron chi connectivity index (χ2n) is 4.63. The van der Waals surface area contributed by atoms with E-state index < -0.39 is 0 Å². The maximum atomic E-state index is 13.7. The van der Waals surface area contributed by atoms with Gasteiger partial charge in [-0.3, -0.25) is 0 Å². The Morgan fingerprint density at radius 3 is 2.50 bits per heavy atom. The number of thioether (sulfide) groups is 1. The van der Waals surface area contributed by atoms with Crippen molar-refractivity contribution in [2.24, 2.45) is 0 Å². The van der Waals surface area contributed by atoms with Crippen molar-refractivity contribution >= 4 is 11.8 Å². The summed E-state index contributed by atoms with van der Waals surface area (Å²) in [6.45, 7) is 6.39. The van der Waals surface area contributed by atoms with E-state index in [-0.39, 0.29) is 17.7 Å². The first kappa shape index (κ1) is 15.4. The van der Waals surface area contributed by atoms with Gasteiger partial charge < -0.3 is 5.32 Å². The van der Waals surface area contributed by atoms with Crippen LogP contribution < -0.4 is 5.32 Å². The Kier molecular flexibility index (Phi) is 6.09. The minimum absolute atomic E-state index is 0.172. The van der Waals surface area contributed by atoms with Gasteiger partial charge in [0.25, 0.3) is 0 Å². The van der Waals surface area contributed by atoms with Gasteiger partial charge in [-0.05, 0) is 50.8 Å². The van der Waals surface area contributed by atoms with E-state index in [1.807, 2.05) is 6.92 Å². The van der Waals surface area contributed by atoms with Crippen molar-refractivity contribution < 1.29 is 8.78 Å². The highest BCUT2D eigenvalue weighted by atomic mass is 32.2. The predicted octanol–water partition coefficient (Wildman–Crippen LogP) is 4.07. The molecule has 0 heterocycles. The van der Waals surface area contributed by atoms with E-state index >= 15 is 0 Å². The summed E-state index contributed by atoms with van der Waals surface area (Å²) in [5.41, 5.74) is 0.745. The van der Waals surface area contributed by atoms with E-state index in [1.54, 1.807) is 18.7 Å². The van der Waals surface area contributed by atoms with E-state index in [0.29, 0.717) is 16.4 Å². The number of halogens is 2. The van der Waals surface area contributed by atoms with Crippen molar-refractivity contribution in [1.82, 2.24) is 5.32 Å². The Bertz CT molecular complexity index is 396. The van der Waals surface area contributed by atoms with Gasteiger partial charge in [0, 0.05) is 16.9 Å². The molecule has 0 saturated heterocycles. The summed E-state index contributed by atoms with van der Waals surface area (Å²) >= 11 is 1.81. The largest absolute Gasteiger partial charge is 0.310 e. The van der Waals surface area contributed by atoms with Crippen LogP contribution in [0.15, 0.2) is 12.1 Å². The van der Waals surface area contributed by atoms with Gasteiger partial charge in [-0.2, -0.15) is 11.8 Å². The fraction of sp³-hybridized carbons (Fsp3) is 0.571. The van der Waals surface area contributed by atoms with Gasteiger partial charge in [0.1, 0.15) is 11.6 Å². The van der Waals surface area contributed by atoms with Crippen LogP contribution in [0.25, 0.3) is 0 Å². The average molecular weight is 273 g/mol. The Labute approximate surface area is 112 Å². The molecule has 2 atom stereocenters. The van der Waals surface area contributed by atoms with Crippen LogP contribution in [0, 0.1) is 18.6 Å². The molecule has 18 heavy (non-hydrogen) atoms. The van der Waals surface area contributed by atoms with Crippen molar-refractivity contribution in [2.75, 3.05) is 12.8 Å². The molecule has 1 aromatic rings. The first-order valence-electron chi connectivity index (χ1n) is 6.17. The smallest absolute Gasteiger partial charge is 0.128 e. The molecule has 1 N–H and O–H groups in total. The summed E-state index contributed by atoms with van der Waals surface area (Å²) < 4.78 is 27.1. The van der Waals surface area contributed by atoms with Crippen LogP contribution in [0.4, 0.5) is 8.78 Å². The second kappa shape index (κ2) is 7.10. The van der Waals surface area contributed by atoms with Gasteiger partial charge in [-0.1, -0.05) is 6.92 Å². The van der Waals surface area contributed by atoms with Gasteiger partial charge in [0.15, 0.2) is 0 Å². The topological polar surface area (TPSA) is 12.0 Å². The van der Waals surface area contributed by atoms with E-state index in [4.69, 9.17) is 0 Å². The van der Waals surface area contributed by atoms with Crippen LogP contribution in [0.2, 0.25) is 0 Å². The number of aryl methyl sites for hydroxylation is 1. The standard InChI is InChI=1S/C14H21F2NS/c1-9-7-14(16)12(8-13(9)15)11(3)17-6-5-10(2)18-4/h7-8,10-11,17H,5-6H2,1-4H3. The summed E-state index contributed by atoms with van der Waals surface area (Å²) in [6, 6.07) is 2.38. The molecular formula is C14H21F2NS. The maximum absolute atomic E-state index is 13.7. The van der Waals surface area contributed by atoms with Crippen LogP contribution in [-0.4, -0.2) is 18.1 Å². The number of hydrogen-bond donors (Lipinski definition) is 1. The average Bonchev–Trinajstić information content (AvgIpc) is 2.33. The second-order valence-corrected chi connectivity index (χ2v) is 5.91. The predicted molar refractivity (Wildman–Crippen MR) is 75.1 cm³/mol. The van der Waals surface area contributed by atoms with Crippen molar-refractivity contribution in [2.45, 2.75) is 38.5 Å². The first-order chi connectivity index (χ1) is 8.45. The Morgan fingerprint density at radius 1 is 1.22 bits per heavy atom. The molecule has 0 radical (unpaired) electrons. The van der Waals surface area contributed by atoms with Crippen molar-refractivity contribution in [3.63, 3.8) is 0 Å². The highest BCUT2D eigenvalue weighted by molar-refractivity contribution is 7.99. The SMILES string of the molecule is CSC(C)CCNC(C)c1cc(F)c(C)cc1F. The summed E-state index contributed by atoms with van der Waals surface area (Å²) in [6.07, 6.45) is 3.09. The third-order valence-electron chi connectivity index (χ3n) is 3.15. The summed E-state index contributed by atoms with van der Waals surface area (Å²) in [4.78, 5) is 0. The molecule has 2 unspecified atom stereocenters. The minimum atomic E-state index is -0.350. The third-order valence-corrected chi connectivity index (χ3v) is 4.19. The van der Waals surface area contributed by atoms with Crippen LogP contribution in [0.3, 0.4) is 0 Å². The monoisotopic (exact) mass is 273 g/mol. The summed E-state index contributed by atoms with van der Waals surface area (Å²) in [7, 11) is 0. The molecule has 1 nitrogen and oxygen atoms in total. The summed E-state index contributed by atoms with van der Waals surface area (Å²) in [5.74, 6) is -0.690. The molecule has 0 spiro atoms. The van der Waals surface area contributed by atoms with Crippen molar-refractivity contribution in [3.8, 4) is 0 Å². The van der Waals surface area contributed by atoms with Crippen LogP contribution in [0.1, 0.15) is 37.4 Å². The van der Waals surface area contributed by atoms with Crippen LogP contribution in [0.5, 0.6) is 0 Å². The van der Waals surface area contributed by atoms with E-state index in [1.165, 1.54) is 12.1 Å². The lowest BCUT2D eigenvalue weighted by Crippen LogP contribution is -2.23. The summed E-state index contributed by atoms with van der Waals surface area (Å²) in [5, 5.41) is 3.81. The Morgan fingerprint density at radius 2 is 1.89 bits per heavy atom. The molecular weight excluding hydrogens is 252 g/mol. The molecule has 0 aliphatic rings. The van der Waals surface area contributed by atoms with E-state index in [0.717, 1.165) is 13.0 Å². The number of benzene rings is 1. The zero-order chi connectivity index (χ0) is 13.7. The highest BCUT2D eigenvalue weighted by Crippen LogP contribution is 2.20. The molecule has 1 rings (SSSR count). The molecule has 0 amide bonds. The quantitative estimate of drug-likeness (QED) is 0.838. The molecule has 0 bridgehead atoms. The molecule has 0 aromatic heterocycles. The van der Waals surface area contributed by atoms with Gasteiger partial charge in [-0.25, -0.2) is 8.78 Å². The van der Waals surface area contributed by atoms with Gasteiger partial charge >= 0.3 is 0 Å². The fourth-order valence-electron chi connectivity index (χ4n) is 1.72. The van der Waals surface area contributed by atoms with Gasteiger partial charge in [-0.15, -0.1) is 0 Å². The zero-order valence-corrected chi connectivity index (χ0v) is 12.2. The number of hydrogen-bond acceptors (Lipinski definition) is 2. The molecule has 0 fully saturated rings. The molecule has 0 aliphatic carbocycles. The Balaban J connectivity index is 2.61. The minimum Gasteiger partial charge on any atom is -0.310 e.